The highest BCUT2D eigenvalue weighted by atomic mass is 35.5. The Morgan fingerprint density at radius 3 is 2.69 bits per heavy atom. The number of pyridine rings is 1. The van der Waals surface area contributed by atoms with Gasteiger partial charge in [-0.05, 0) is 11.6 Å². The van der Waals surface area contributed by atoms with E-state index in [1.807, 2.05) is 0 Å². The van der Waals surface area contributed by atoms with Crippen molar-refractivity contribution in [2.24, 2.45) is 0 Å². The first-order valence-electron chi connectivity index (χ1n) is 4.13. The Morgan fingerprint density at radius 2 is 2.25 bits per heavy atom. The van der Waals surface area contributed by atoms with E-state index in [1.165, 1.54) is 0 Å². The van der Waals surface area contributed by atoms with E-state index < -0.39 is 18.1 Å². The number of hydrogen-bond acceptors (Lipinski definition) is 3. The minimum Gasteiger partial charge on any atom is -0.465 e. The van der Waals surface area contributed by atoms with Crippen molar-refractivity contribution in [2.45, 2.75) is 12.3 Å². The molecule has 1 rings (SSSR count). The number of alkyl halides is 3. The summed E-state index contributed by atoms with van der Waals surface area (Å²) in [6.45, 7) is 0. The highest BCUT2D eigenvalue weighted by molar-refractivity contribution is 6.32. The van der Waals surface area contributed by atoms with Crippen molar-refractivity contribution in [3.8, 4) is 0 Å². The second-order valence-corrected chi connectivity index (χ2v) is 3.42. The number of ether oxygens (including phenoxy) is 1. The zero-order valence-corrected chi connectivity index (χ0v) is 9.65. The Balaban J connectivity index is 3.31. The van der Waals surface area contributed by atoms with Crippen molar-refractivity contribution in [2.75, 3.05) is 7.11 Å². The molecule has 3 nitrogen and oxygen atoms in total. The molecular formula is C9H7Cl2F2NO2. The van der Waals surface area contributed by atoms with E-state index in [0.717, 1.165) is 13.2 Å². The minimum atomic E-state index is -2.79. The molecule has 0 radical (unpaired) electrons. The van der Waals surface area contributed by atoms with E-state index in [0.29, 0.717) is 0 Å². The maximum atomic E-state index is 12.5. The highest BCUT2D eigenvalue weighted by Crippen LogP contribution is 2.27. The number of esters is 1. The van der Waals surface area contributed by atoms with Crippen LogP contribution in [0.3, 0.4) is 0 Å². The number of aromatic nitrogens is 1. The molecule has 0 aliphatic heterocycles. The van der Waals surface area contributed by atoms with Crippen LogP contribution in [0.5, 0.6) is 0 Å². The topological polar surface area (TPSA) is 39.2 Å². The molecule has 0 aliphatic carbocycles. The summed E-state index contributed by atoms with van der Waals surface area (Å²) in [4.78, 5) is 14.6. The van der Waals surface area contributed by atoms with Gasteiger partial charge in [0.15, 0.2) is 0 Å². The highest BCUT2D eigenvalue weighted by Gasteiger charge is 2.20. The van der Waals surface area contributed by atoms with Crippen LogP contribution in [0.1, 0.15) is 28.0 Å². The second-order valence-electron chi connectivity index (χ2n) is 2.80. The smallest absolute Gasteiger partial charge is 0.341 e. The zero-order valence-electron chi connectivity index (χ0n) is 8.14. The van der Waals surface area contributed by atoms with Gasteiger partial charge in [-0.15, -0.1) is 11.6 Å². The maximum Gasteiger partial charge on any atom is 0.341 e. The fourth-order valence-electron chi connectivity index (χ4n) is 1.09. The van der Waals surface area contributed by atoms with Gasteiger partial charge in [0.05, 0.1) is 12.7 Å². The summed E-state index contributed by atoms with van der Waals surface area (Å²) in [5.74, 6) is -0.932. The van der Waals surface area contributed by atoms with Crippen molar-refractivity contribution in [1.82, 2.24) is 4.98 Å². The quantitative estimate of drug-likeness (QED) is 0.481. The van der Waals surface area contributed by atoms with Gasteiger partial charge in [-0.3, -0.25) is 0 Å². The molecule has 0 saturated carbocycles. The van der Waals surface area contributed by atoms with Crippen molar-refractivity contribution in [3.63, 3.8) is 0 Å². The van der Waals surface area contributed by atoms with Gasteiger partial charge in [0, 0.05) is 5.88 Å². The van der Waals surface area contributed by atoms with Crippen LogP contribution in [-0.2, 0) is 10.6 Å². The first-order chi connectivity index (χ1) is 7.51. The summed E-state index contributed by atoms with van der Waals surface area (Å²) in [5.41, 5.74) is -0.543. The lowest BCUT2D eigenvalue weighted by Gasteiger charge is -2.08. The third kappa shape index (κ3) is 2.59. The first-order valence-corrected chi connectivity index (χ1v) is 5.04. The Bertz CT molecular complexity index is 413. The molecule has 0 spiro atoms. The molecule has 1 aromatic rings. The Hall–Kier alpha value is -0.940. The molecular weight excluding hydrogens is 263 g/mol. The number of rotatable bonds is 3. The molecule has 7 heteroatoms. The summed E-state index contributed by atoms with van der Waals surface area (Å²) in [7, 11) is 1.15. The standard InChI is InChI=1S/C9H7Cl2F2NO2/c1-16-9(15)5-2-4(3-10)6(8(12)13)14-7(5)11/h2,8H,3H2,1H3. The monoisotopic (exact) mass is 269 g/mol. The normalized spacial score (nSPS) is 10.6. The molecule has 88 valence electrons. The molecule has 0 aliphatic rings. The number of halogens is 4. The summed E-state index contributed by atoms with van der Waals surface area (Å²) in [6.07, 6.45) is -2.79. The number of hydrogen-bond donors (Lipinski definition) is 0. The molecule has 0 unspecified atom stereocenters. The van der Waals surface area contributed by atoms with Gasteiger partial charge in [0.1, 0.15) is 10.8 Å². The van der Waals surface area contributed by atoms with Crippen molar-refractivity contribution < 1.29 is 18.3 Å². The van der Waals surface area contributed by atoms with Crippen LogP contribution in [0.15, 0.2) is 6.07 Å². The second kappa shape index (κ2) is 5.41. The van der Waals surface area contributed by atoms with Crippen LogP contribution in [0.2, 0.25) is 5.15 Å². The van der Waals surface area contributed by atoms with Gasteiger partial charge in [0.2, 0.25) is 0 Å². The van der Waals surface area contributed by atoms with Gasteiger partial charge in [0.25, 0.3) is 6.43 Å². The zero-order chi connectivity index (χ0) is 12.3. The lowest BCUT2D eigenvalue weighted by Crippen LogP contribution is -2.07. The van der Waals surface area contributed by atoms with E-state index in [4.69, 9.17) is 23.2 Å². The maximum absolute atomic E-state index is 12.5. The molecule has 1 aromatic heterocycles. The third-order valence-corrected chi connectivity index (χ3v) is 2.42. The van der Waals surface area contributed by atoms with Gasteiger partial charge < -0.3 is 4.74 Å². The molecule has 0 fully saturated rings. The van der Waals surface area contributed by atoms with E-state index in [1.54, 1.807) is 0 Å². The fraction of sp³-hybridized carbons (Fsp3) is 0.333. The number of methoxy groups -OCH3 is 1. The van der Waals surface area contributed by atoms with Crippen molar-refractivity contribution in [1.29, 1.82) is 0 Å². The van der Waals surface area contributed by atoms with Crippen LogP contribution in [0, 0.1) is 0 Å². The van der Waals surface area contributed by atoms with E-state index in [2.05, 4.69) is 9.72 Å². The molecule has 16 heavy (non-hydrogen) atoms. The molecule has 0 atom stereocenters. The number of nitrogens with zero attached hydrogens (tertiary/aromatic N) is 1. The lowest BCUT2D eigenvalue weighted by molar-refractivity contribution is 0.0599. The fourth-order valence-corrected chi connectivity index (χ4v) is 1.53. The Morgan fingerprint density at radius 1 is 1.62 bits per heavy atom. The Kier molecular flexibility index (Phi) is 4.44. The van der Waals surface area contributed by atoms with E-state index in [-0.39, 0.29) is 22.2 Å². The largest absolute Gasteiger partial charge is 0.465 e. The molecule has 0 saturated heterocycles. The van der Waals surface area contributed by atoms with Gasteiger partial charge >= 0.3 is 5.97 Å². The summed E-state index contributed by atoms with van der Waals surface area (Å²) in [5, 5.41) is -0.323. The average Bonchev–Trinajstić information content (AvgIpc) is 2.27. The van der Waals surface area contributed by atoms with Crippen LogP contribution in [-0.4, -0.2) is 18.1 Å². The van der Waals surface area contributed by atoms with Crippen LogP contribution in [0.4, 0.5) is 8.78 Å². The number of carbonyl (C=O) groups excluding carboxylic acids is 1. The predicted molar refractivity (Wildman–Crippen MR) is 55.1 cm³/mol. The van der Waals surface area contributed by atoms with Crippen LogP contribution in [0.25, 0.3) is 0 Å². The van der Waals surface area contributed by atoms with E-state index in [9.17, 15) is 13.6 Å². The Labute approximate surface area is 100 Å². The molecule has 0 amide bonds. The van der Waals surface area contributed by atoms with Crippen LogP contribution >= 0.6 is 23.2 Å². The van der Waals surface area contributed by atoms with Crippen LogP contribution < -0.4 is 0 Å². The minimum absolute atomic E-state index is 0.0569. The van der Waals surface area contributed by atoms with Gasteiger partial charge in [-0.1, -0.05) is 11.6 Å². The third-order valence-electron chi connectivity index (χ3n) is 1.84. The molecule has 0 bridgehead atoms. The predicted octanol–water partition coefficient (Wildman–Crippen LogP) is 3.20. The molecule has 0 N–H and O–H groups in total. The summed E-state index contributed by atoms with van der Waals surface area (Å²) < 4.78 is 29.4. The van der Waals surface area contributed by atoms with Crippen molar-refractivity contribution >= 4 is 29.2 Å². The SMILES string of the molecule is COC(=O)c1cc(CCl)c(C(F)F)nc1Cl. The molecule has 1 heterocycles. The van der Waals surface area contributed by atoms with Gasteiger partial charge in [-0.2, -0.15) is 0 Å². The number of carbonyl (C=O) groups is 1. The van der Waals surface area contributed by atoms with Gasteiger partial charge in [-0.25, -0.2) is 18.6 Å². The lowest BCUT2D eigenvalue weighted by atomic mass is 10.1. The first kappa shape index (κ1) is 13.1. The van der Waals surface area contributed by atoms with E-state index >= 15 is 0 Å². The molecule has 0 aromatic carbocycles. The van der Waals surface area contributed by atoms with Crippen molar-refractivity contribution in [3.05, 3.63) is 28.0 Å². The summed E-state index contributed by atoms with van der Waals surface area (Å²) in [6, 6.07) is 1.16. The average molecular weight is 270 g/mol. The summed E-state index contributed by atoms with van der Waals surface area (Å²) >= 11 is 11.1.